The van der Waals surface area contributed by atoms with Crippen LogP contribution in [-0.4, -0.2) is 65.5 Å². The fourth-order valence-electron chi connectivity index (χ4n) is 1.87. The molecule has 3 amide bonds. The smallest absolute Gasteiger partial charge is 0.320 e. The van der Waals surface area contributed by atoms with Gasteiger partial charge in [0.1, 0.15) is 6.54 Å². The van der Waals surface area contributed by atoms with Gasteiger partial charge < -0.3 is 20.2 Å². The largest absolute Gasteiger partial charge is 0.481 e. The number of hydrogen-bond donors (Lipinski definition) is 2. The third-order valence-corrected chi connectivity index (χ3v) is 3.00. The molecule has 0 aliphatic carbocycles. The Labute approximate surface area is 126 Å². The Morgan fingerprint density at radius 2 is 1.76 bits per heavy atom. The summed E-state index contributed by atoms with van der Waals surface area (Å²) in [4.78, 5) is 37.4. The van der Waals surface area contributed by atoms with E-state index in [1.165, 1.54) is 16.8 Å². The molecule has 0 spiro atoms. The third kappa shape index (κ3) is 7.53. The highest BCUT2D eigenvalue weighted by molar-refractivity contribution is 5.84. The van der Waals surface area contributed by atoms with Gasteiger partial charge in [-0.3, -0.25) is 9.59 Å². The van der Waals surface area contributed by atoms with Gasteiger partial charge >= 0.3 is 12.0 Å². The van der Waals surface area contributed by atoms with E-state index >= 15 is 0 Å². The van der Waals surface area contributed by atoms with E-state index in [0.717, 1.165) is 0 Å². The SMILES string of the molecule is CCN(C(=O)N(C)CC(=O)NCC(C)C)C(C)CC(=O)O. The van der Waals surface area contributed by atoms with Crippen molar-refractivity contribution in [2.45, 2.75) is 40.2 Å². The number of carbonyl (C=O) groups is 3. The lowest BCUT2D eigenvalue weighted by atomic mass is 10.2. The summed E-state index contributed by atoms with van der Waals surface area (Å²) in [5, 5.41) is 11.5. The Hall–Kier alpha value is -1.79. The van der Waals surface area contributed by atoms with E-state index in [2.05, 4.69) is 5.32 Å². The summed E-state index contributed by atoms with van der Waals surface area (Å²) >= 11 is 0. The second-order valence-electron chi connectivity index (χ2n) is 5.57. The first-order chi connectivity index (χ1) is 9.68. The summed E-state index contributed by atoms with van der Waals surface area (Å²) in [6.45, 7) is 8.36. The lowest BCUT2D eigenvalue weighted by Gasteiger charge is -2.31. The molecule has 0 bridgehead atoms. The number of carboxylic acid groups (broad SMARTS) is 1. The molecule has 0 saturated heterocycles. The summed E-state index contributed by atoms with van der Waals surface area (Å²) in [5.41, 5.74) is 0. The maximum atomic E-state index is 12.2. The molecular formula is C14H27N3O4. The maximum Gasteiger partial charge on any atom is 0.320 e. The number of nitrogens with one attached hydrogen (secondary N) is 1. The Morgan fingerprint density at radius 1 is 1.19 bits per heavy atom. The van der Waals surface area contributed by atoms with E-state index in [1.54, 1.807) is 13.8 Å². The van der Waals surface area contributed by atoms with Crippen LogP contribution in [0.15, 0.2) is 0 Å². The molecule has 0 aromatic carbocycles. The van der Waals surface area contributed by atoms with Crippen molar-refractivity contribution in [1.82, 2.24) is 15.1 Å². The molecule has 7 nitrogen and oxygen atoms in total. The zero-order valence-electron chi connectivity index (χ0n) is 13.5. The fraction of sp³-hybridized carbons (Fsp3) is 0.786. The van der Waals surface area contributed by atoms with Crippen molar-refractivity contribution in [3.05, 3.63) is 0 Å². The van der Waals surface area contributed by atoms with Crippen molar-refractivity contribution >= 4 is 17.9 Å². The molecule has 122 valence electrons. The van der Waals surface area contributed by atoms with E-state index in [1.807, 2.05) is 13.8 Å². The number of urea groups is 1. The lowest BCUT2D eigenvalue weighted by Crippen LogP contribution is -2.49. The van der Waals surface area contributed by atoms with Gasteiger partial charge in [0.05, 0.1) is 6.42 Å². The highest BCUT2D eigenvalue weighted by Gasteiger charge is 2.24. The van der Waals surface area contributed by atoms with Gasteiger partial charge in [-0.15, -0.1) is 0 Å². The molecule has 0 aliphatic heterocycles. The van der Waals surface area contributed by atoms with Crippen LogP contribution in [-0.2, 0) is 9.59 Å². The molecular weight excluding hydrogens is 274 g/mol. The van der Waals surface area contributed by atoms with Gasteiger partial charge in [-0.2, -0.15) is 0 Å². The first-order valence-electron chi connectivity index (χ1n) is 7.19. The van der Waals surface area contributed by atoms with Crippen LogP contribution in [0.2, 0.25) is 0 Å². The summed E-state index contributed by atoms with van der Waals surface area (Å²) < 4.78 is 0. The Balaban J connectivity index is 4.51. The number of nitrogens with zero attached hydrogens (tertiary/aromatic N) is 2. The van der Waals surface area contributed by atoms with Gasteiger partial charge in [0, 0.05) is 26.2 Å². The molecule has 1 unspecified atom stereocenters. The number of carboxylic acids is 1. The van der Waals surface area contributed by atoms with Gasteiger partial charge in [0.25, 0.3) is 0 Å². The number of amides is 3. The summed E-state index contributed by atoms with van der Waals surface area (Å²) in [5.74, 6) is -0.828. The van der Waals surface area contributed by atoms with Crippen LogP contribution in [0.1, 0.15) is 34.1 Å². The van der Waals surface area contributed by atoms with E-state index in [-0.39, 0.29) is 24.9 Å². The van der Waals surface area contributed by atoms with Crippen LogP contribution >= 0.6 is 0 Å². The Morgan fingerprint density at radius 3 is 2.19 bits per heavy atom. The van der Waals surface area contributed by atoms with Crippen molar-refractivity contribution < 1.29 is 19.5 Å². The van der Waals surface area contributed by atoms with Crippen LogP contribution in [0.5, 0.6) is 0 Å². The Bertz CT molecular complexity index is 371. The monoisotopic (exact) mass is 301 g/mol. The van der Waals surface area contributed by atoms with E-state index in [4.69, 9.17) is 5.11 Å². The highest BCUT2D eigenvalue weighted by atomic mass is 16.4. The zero-order valence-corrected chi connectivity index (χ0v) is 13.5. The molecule has 0 aromatic heterocycles. The lowest BCUT2D eigenvalue weighted by molar-refractivity contribution is -0.138. The Kier molecular flexibility index (Phi) is 8.42. The minimum Gasteiger partial charge on any atom is -0.481 e. The number of likely N-dealkylation sites (N-methyl/N-ethyl adjacent to an activating group) is 1. The third-order valence-electron chi connectivity index (χ3n) is 3.00. The number of rotatable bonds is 8. The highest BCUT2D eigenvalue weighted by Crippen LogP contribution is 2.07. The van der Waals surface area contributed by atoms with Gasteiger partial charge in [0.2, 0.25) is 5.91 Å². The van der Waals surface area contributed by atoms with Crippen LogP contribution in [0, 0.1) is 5.92 Å². The second-order valence-corrected chi connectivity index (χ2v) is 5.57. The minimum atomic E-state index is -0.953. The molecule has 1 atom stereocenters. The molecule has 0 saturated carbocycles. The average Bonchev–Trinajstić information content (AvgIpc) is 2.36. The predicted octanol–water partition coefficient (Wildman–Crippen LogP) is 0.996. The molecule has 21 heavy (non-hydrogen) atoms. The number of hydrogen-bond acceptors (Lipinski definition) is 3. The zero-order chi connectivity index (χ0) is 16.6. The molecule has 0 aliphatic rings. The van der Waals surface area contributed by atoms with Gasteiger partial charge in [-0.1, -0.05) is 13.8 Å². The summed E-state index contributed by atoms with van der Waals surface area (Å²) in [6.07, 6.45) is -0.118. The normalized spacial score (nSPS) is 11.9. The number of carbonyl (C=O) groups excluding carboxylic acids is 2. The van der Waals surface area contributed by atoms with Crippen molar-refractivity contribution in [1.29, 1.82) is 0 Å². The second kappa shape index (κ2) is 9.20. The molecule has 0 aromatic rings. The standard InChI is InChI=1S/C14H27N3O4/c1-6-17(11(4)7-13(19)20)14(21)16(5)9-12(18)15-8-10(2)3/h10-11H,6-9H2,1-5H3,(H,15,18)(H,19,20). The summed E-state index contributed by atoms with van der Waals surface area (Å²) in [6, 6.07) is -0.757. The van der Waals surface area contributed by atoms with Crippen LogP contribution in [0.4, 0.5) is 4.79 Å². The van der Waals surface area contributed by atoms with Crippen LogP contribution < -0.4 is 5.32 Å². The quantitative estimate of drug-likeness (QED) is 0.699. The minimum absolute atomic E-state index is 0.0398. The molecule has 7 heteroatoms. The average molecular weight is 301 g/mol. The molecule has 2 N–H and O–H groups in total. The first kappa shape index (κ1) is 19.2. The van der Waals surface area contributed by atoms with Crippen LogP contribution in [0.25, 0.3) is 0 Å². The molecule has 0 fully saturated rings. The fourth-order valence-corrected chi connectivity index (χ4v) is 1.87. The van der Waals surface area contributed by atoms with E-state index in [9.17, 15) is 14.4 Å². The first-order valence-corrected chi connectivity index (χ1v) is 7.19. The summed E-state index contributed by atoms with van der Waals surface area (Å²) in [7, 11) is 1.54. The van der Waals surface area contributed by atoms with E-state index < -0.39 is 12.0 Å². The van der Waals surface area contributed by atoms with Gasteiger partial charge in [-0.25, -0.2) is 4.79 Å². The van der Waals surface area contributed by atoms with Gasteiger partial charge in [-0.05, 0) is 19.8 Å². The van der Waals surface area contributed by atoms with Crippen molar-refractivity contribution in [2.75, 3.05) is 26.7 Å². The molecule has 0 radical (unpaired) electrons. The molecule has 0 rings (SSSR count). The van der Waals surface area contributed by atoms with Crippen LogP contribution in [0.3, 0.4) is 0 Å². The van der Waals surface area contributed by atoms with E-state index in [0.29, 0.717) is 19.0 Å². The predicted molar refractivity (Wildman–Crippen MR) is 80.0 cm³/mol. The maximum absolute atomic E-state index is 12.2. The van der Waals surface area contributed by atoms with Crippen molar-refractivity contribution in [3.63, 3.8) is 0 Å². The van der Waals surface area contributed by atoms with Crippen molar-refractivity contribution in [3.8, 4) is 0 Å². The van der Waals surface area contributed by atoms with Crippen molar-refractivity contribution in [2.24, 2.45) is 5.92 Å². The molecule has 0 heterocycles. The van der Waals surface area contributed by atoms with Gasteiger partial charge in [0.15, 0.2) is 0 Å². The number of aliphatic carboxylic acids is 1. The topological polar surface area (TPSA) is 90.0 Å².